The fourth-order valence-electron chi connectivity index (χ4n) is 1.40. The molecular weight excluding hydrogens is 253 g/mol. The molecule has 0 spiro atoms. The van der Waals surface area contributed by atoms with Crippen LogP contribution in [0.2, 0.25) is 0 Å². The van der Waals surface area contributed by atoms with E-state index in [9.17, 15) is 22.8 Å². The van der Waals surface area contributed by atoms with E-state index in [4.69, 9.17) is 4.74 Å². The Morgan fingerprint density at radius 2 is 2.06 bits per heavy atom. The Balaban J connectivity index is 2.19. The number of hydrogen-bond acceptors (Lipinski definition) is 3. The molecule has 1 aromatic rings. The molecule has 1 amide bonds. The van der Waals surface area contributed by atoms with E-state index in [2.05, 4.69) is 5.32 Å². The van der Waals surface area contributed by atoms with Gasteiger partial charge in [0.25, 0.3) is 11.5 Å². The summed E-state index contributed by atoms with van der Waals surface area (Å²) in [6, 6.07) is 1.32. The van der Waals surface area contributed by atoms with Crippen LogP contribution in [0.25, 0.3) is 0 Å². The molecule has 0 aliphatic carbocycles. The van der Waals surface area contributed by atoms with Gasteiger partial charge in [-0.3, -0.25) is 9.59 Å². The second-order valence-corrected chi connectivity index (χ2v) is 3.82. The highest BCUT2D eigenvalue weighted by Crippen LogP contribution is 2.26. The molecule has 8 heteroatoms. The normalized spacial score (nSPS) is 16.2. The van der Waals surface area contributed by atoms with Crippen LogP contribution in [-0.2, 0) is 10.9 Å². The molecule has 0 saturated carbocycles. The standard InChI is InChI=1S/C10H9F3N2O3/c11-10(12,13)7-2-1-6(9(17)15-7)8(16)14-5-3-18-4-5/h1-2,5H,3-4H2,(H,14,16)(H,15,17). The molecule has 2 rings (SSSR count). The largest absolute Gasteiger partial charge is 0.431 e. The van der Waals surface area contributed by atoms with Gasteiger partial charge in [-0.2, -0.15) is 13.2 Å². The molecule has 2 N–H and O–H groups in total. The van der Waals surface area contributed by atoms with Crippen molar-refractivity contribution in [3.8, 4) is 0 Å². The summed E-state index contributed by atoms with van der Waals surface area (Å²) in [5, 5.41) is 2.47. The average Bonchev–Trinajstić information content (AvgIpc) is 2.21. The van der Waals surface area contributed by atoms with E-state index in [1.54, 1.807) is 4.98 Å². The molecule has 1 aliphatic rings. The van der Waals surface area contributed by atoms with Gasteiger partial charge in [-0.1, -0.05) is 0 Å². The highest BCUT2D eigenvalue weighted by Gasteiger charge is 2.32. The second-order valence-electron chi connectivity index (χ2n) is 3.82. The monoisotopic (exact) mass is 262 g/mol. The van der Waals surface area contributed by atoms with E-state index in [1.807, 2.05) is 0 Å². The summed E-state index contributed by atoms with van der Waals surface area (Å²) in [5.74, 6) is -0.710. The number of amides is 1. The van der Waals surface area contributed by atoms with Crippen LogP contribution in [-0.4, -0.2) is 30.1 Å². The van der Waals surface area contributed by atoms with Gasteiger partial charge in [-0.15, -0.1) is 0 Å². The van der Waals surface area contributed by atoms with Gasteiger partial charge in [0.15, 0.2) is 0 Å². The number of pyridine rings is 1. The quantitative estimate of drug-likeness (QED) is 0.816. The minimum Gasteiger partial charge on any atom is -0.377 e. The molecule has 1 aromatic heterocycles. The third-order valence-corrected chi connectivity index (χ3v) is 2.43. The van der Waals surface area contributed by atoms with Crippen LogP contribution in [0.4, 0.5) is 13.2 Å². The van der Waals surface area contributed by atoms with Crippen LogP contribution in [0.3, 0.4) is 0 Å². The molecule has 1 aliphatic heterocycles. The lowest BCUT2D eigenvalue weighted by Crippen LogP contribution is -2.49. The summed E-state index contributed by atoms with van der Waals surface area (Å²) >= 11 is 0. The third kappa shape index (κ3) is 2.53. The molecule has 0 radical (unpaired) electrons. The van der Waals surface area contributed by atoms with Crippen molar-refractivity contribution < 1.29 is 22.7 Å². The first-order chi connectivity index (χ1) is 8.38. The number of rotatable bonds is 2. The summed E-state index contributed by atoms with van der Waals surface area (Å²) in [6.45, 7) is 0.675. The number of aromatic amines is 1. The van der Waals surface area contributed by atoms with Crippen molar-refractivity contribution in [3.05, 3.63) is 33.7 Å². The van der Waals surface area contributed by atoms with Crippen LogP contribution in [0.5, 0.6) is 0 Å². The maximum atomic E-state index is 12.3. The van der Waals surface area contributed by atoms with Gasteiger partial charge < -0.3 is 15.0 Å². The maximum Gasteiger partial charge on any atom is 0.431 e. The molecule has 1 fully saturated rings. The SMILES string of the molecule is O=C(NC1COC1)c1ccc(C(F)(F)F)[nH]c1=O. The van der Waals surface area contributed by atoms with Crippen molar-refractivity contribution in [1.82, 2.24) is 10.3 Å². The van der Waals surface area contributed by atoms with Gasteiger partial charge in [0.05, 0.1) is 19.3 Å². The van der Waals surface area contributed by atoms with Crippen LogP contribution in [0.15, 0.2) is 16.9 Å². The number of alkyl halides is 3. The van der Waals surface area contributed by atoms with E-state index in [1.165, 1.54) is 0 Å². The third-order valence-electron chi connectivity index (χ3n) is 2.43. The summed E-state index contributed by atoms with van der Waals surface area (Å²) in [4.78, 5) is 24.6. The molecule has 2 heterocycles. The number of nitrogens with one attached hydrogen (secondary N) is 2. The number of carbonyl (C=O) groups is 1. The van der Waals surface area contributed by atoms with Crippen LogP contribution in [0, 0.1) is 0 Å². The minimum atomic E-state index is -4.64. The Bertz CT molecular complexity index is 520. The molecule has 1 saturated heterocycles. The van der Waals surface area contributed by atoms with Crippen molar-refractivity contribution in [2.45, 2.75) is 12.2 Å². The molecule has 98 valence electrons. The lowest BCUT2D eigenvalue weighted by Gasteiger charge is -2.26. The smallest absolute Gasteiger partial charge is 0.377 e. The van der Waals surface area contributed by atoms with E-state index in [0.29, 0.717) is 19.3 Å². The predicted molar refractivity (Wildman–Crippen MR) is 54.1 cm³/mol. The van der Waals surface area contributed by atoms with Gasteiger partial charge in [-0.25, -0.2) is 0 Å². The first-order valence-corrected chi connectivity index (χ1v) is 5.07. The molecular formula is C10H9F3N2O3. The number of halogens is 3. The van der Waals surface area contributed by atoms with Crippen LogP contribution < -0.4 is 10.9 Å². The van der Waals surface area contributed by atoms with Crippen LogP contribution in [0.1, 0.15) is 16.1 Å². The van der Waals surface area contributed by atoms with Crippen LogP contribution >= 0.6 is 0 Å². The molecule has 5 nitrogen and oxygen atoms in total. The number of carbonyl (C=O) groups excluding carboxylic acids is 1. The zero-order chi connectivity index (χ0) is 13.3. The van der Waals surface area contributed by atoms with Gasteiger partial charge >= 0.3 is 6.18 Å². The van der Waals surface area contributed by atoms with Crippen molar-refractivity contribution in [2.75, 3.05) is 13.2 Å². The van der Waals surface area contributed by atoms with E-state index < -0.39 is 23.3 Å². The second kappa shape index (κ2) is 4.45. The summed E-state index contributed by atoms with van der Waals surface area (Å²) < 4.78 is 41.7. The summed E-state index contributed by atoms with van der Waals surface area (Å²) in [5.41, 5.74) is -2.60. The number of H-pyrrole nitrogens is 1. The van der Waals surface area contributed by atoms with Gasteiger partial charge in [0.1, 0.15) is 11.3 Å². The Morgan fingerprint density at radius 1 is 1.39 bits per heavy atom. The minimum absolute atomic E-state index is 0.195. The molecule has 18 heavy (non-hydrogen) atoms. The van der Waals surface area contributed by atoms with Crippen molar-refractivity contribution in [3.63, 3.8) is 0 Å². The number of aromatic nitrogens is 1. The summed E-state index contributed by atoms with van der Waals surface area (Å²) in [7, 11) is 0. The number of ether oxygens (including phenoxy) is 1. The Morgan fingerprint density at radius 3 is 2.50 bits per heavy atom. The fourth-order valence-corrected chi connectivity index (χ4v) is 1.40. The molecule has 0 atom stereocenters. The van der Waals surface area contributed by atoms with Gasteiger partial charge in [-0.05, 0) is 12.1 Å². The average molecular weight is 262 g/mol. The predicted octanol–water partition coefficient (Wildman–Crippen LogP) is 0.522. The van der Waals surface area contributed by atoms with E-state index in [-0.39, 0.29) is 11.6 Å². The lowest BCUT2D eigenvalue weighted by atomic mass is 10.2. The fraction of sp³-hybridized carbons (Fsp3) is 0.400. The Hall–Kier alpha value is -1.83. The number of hydrogen-bond donors (Lipinski definition) is 2. The first-order valence-electron chi connectivity index (χ1n) is 5.07. The van der Waals surface area contributed by atoms with Crippen molar-refractivity contribution >= 4 is 5.91 Å². The molecule has 0 unspecified atom stereocenters. The van der Waals surface area contributed by atoms with E-state index >= 15 is 0 Å². The zero-order valence-electron chi connectivity index (χ0n) is 9.00. The highest BCUT2D eigenvalue weighted by molar-refractivity contribution is 5.94. The zero-order valence-corrected chi connectivity index (χ0v) is 9.00. The maximum absolute atomic E-state index is 12.3. The van der Waals surface area contributed by atoms with E-state index in [0.717, 1.165) is 6.07 Å². The highest BCUT2D eigenvalue weighted by atomic mass is 19.4. The van der Waals surface area contributed by atoms with Gasteiger partial charge in [0.2, 0.25) is 0 Å². The van der Waals surface area contributed by atoms with Crippen molar-refractivity contribution in [1.29, 1.82) is 0 Å². The first kappa shape index (κ1) is 12.6. The topological polar surface area (TPSA) is 71.2 Å². The summed E-state index contributed by atoms with van der Waals surface area (Å²) in [6.07, 6.45) is -4.64. The lowest BCUT2D eigenvalue weighted by molar-refractivity contribution is -0.141. The molecule has 0 bridgehead atoms. The Labute approximate surface area is 99.0 Å². The van der Waals surface area contributed by atoms with Crippen molar-refractivity contribution in [2.24, 2.45) is 0 Å². The molecule has 0 aromatic carbocycles. The Kier molecular flexibility index (Phi) is 3.12. The van der Waals surface area contributed by atoms with Gasteiger partial charge in [0, 0.05) is 0 Å².